The lowest BCUT2D eigenvalue weighted by atomic mass is 10.2. The van der Waals surface area contributed by atoms with Gasteiger partial charge in [-0.05, 0) is 36.4 Å². The van der Waals surface area contributed by atoms with Crippen LogP contribution in [0.15, 0.2) is 67.5 Å². The van der Waals surface area contributed by atoms with Gasteiger partial charge in [0.1, 0.15) is 17.7 Å². The first kappa shape index (κ1) is 16.1. The van der Waals surface area contributed by atoms with Crippen molar-refractivity contribution in [3.05, 3.63) is 80.4 Å². The Bertz CT molecular complexity index is 1010. The topological polar surface area (TPSA) is 71.7 Å². The zero-order chi connectivity index (χ0) is 17.1. The number of carbonyl (C=O) groups is 1. The zero-order valence-corrected chi connectivity index (χ0v) is 13.7. The van der Waals surface area contributed by atoms with E-state index in [9.17, 15) is 14.0 Å². The molecule has 2 aromatic carbocycles. The minimum absolute atomic E-state index is 0.127. The minimum atomic E-state index is -0.585. The fourth-order valence-electron chi connectivity index (χ4n) is 2.06. The van der Waals surface area contributed by atoms with Crippen LogP contribution in [0.25, 0.3) is 11.0 Å². The van der Waals surface area contributed by atoms with Crippen molar-refractivity contribution in [1.29, 1.82) is 0 Å². The highest BCUT2D eigenvalue weighted by atomic mass is 79.9. The molecule has 1 N–H and O–H groups in total. The number of hydrazone groups is 1. The number of rotatable bonds is 3. The molecule has 1 amide bonds. The van der Waals surface area contributed by atoms with Crippen molar-refractivity contribution >= 4 is 39.0 Å². The summed E-state index contributed by atoms with van der Waals surface area (Å²) in [4.78, 5) is 24.2. The molecule has 120 valence electrons. The fourth-order valence-corrected chi connectivity index (χ4v) is 2.42. The SMILES string of the molecule is O=C(N/N=C/c1coc2ccc(Br)cc2c1=O)c1cccc(F)c1. The van der Waals surface area contributed by atoms with Crippen LogP contribution in [-0.2, 0) is 0 Å². The van der Waals surface area contributed by atoms with Crippen molar-refractivity contribution in [1.82, 2.24) is 5.43 Å². The highest BCUT2D eigenvalue weighted by molar-refractivity contribution is 9.10. The Balaban J connectivity index is 1.82. The van der Waals surface area contributed by atoms with E-state index in [1.54, 1.807) is 18.2 Å². The molecule has 7 heteroatoms. The molecular weight excluding hydrogens is 379 g/mol. The lowest BCUT2D eigenvalue weighted by Crippen LogP contribution is -2.18. The molecule has 1 aromatic heterocycles. The van der Waals surface area contributed by atoms with Gasteiger partial charge in [-0.1, -0.05) is 22.0 Å². The highest BCUT2D eigenvalue weighted by Gasteiger charge is 2.07. The fraction of sp³-hybridized carbons (Fsp3) is 0. The van der Waals surface area contributed by atoms with Crippen molar-refractivity contribution in [3.63, 3.8) is 0 Å². The Morgan fingerprint density at radius 3 is 2.88 bits per heavy atom. The third kappa shape index (κ3) is 3.41. The standard InChI is InChI=1S/C17H10BrFN2O3/c18-12-4-5-15-14(7-12)16(22)11(9-24-15)8-20-21-17(23)10-2-1-3-13(19)6-10/h1-9H,(H,21,23)/b20-8+. The number of hydrogen-bond acceptors (Lipinski definition) is 4. The number of nitrogens with zero attached hydrogens (tertiary/aromatic N) is 1. The van der Waals surface area contributed by atoms with Crippen LogP contribution in [-0.4, -0.2) is 12.1 Å². The van der Waals surface area contributed by atoms with E-state index in [0.29, 0.717) is 11.0 Å². The van der Waals surface area contributed by atoms with Crippen LogP contribution < -0.4 is 10.9 Å². The smallest absolute Gasteiger partial charge is 0.271 e. The quantitative estimate of drug-likeness (QED) is 0.551. The van der Waals surface area contributed by atoms with Gasteiger partial charge < -0.3 is 4.42 Å². The molecule has 1 heterocycles. The van der Waals surface area contributed by atoms with Gasteiger partial charge in [0.2, 0.25) is 5.43 Å². The van der Waals surface area contributed by atoms with Crippen molar-refractivity contribution in [3.8, 4) is 0 Å². The summed E-state index contributed by atoms with van der Waals surface area (Å²) in [6, 6.07) is 10.3. The molecule has 0 aliphatic carbocycles. The third-order valence-corrected chi connectivity index (χ3v) is 3.71. The van der Waals surface area contributed by atoms with Crippen molar-refractivity contribution in [2.75, 3.05) is 0 Å². The maximum atomic E-state index is 13.1. The molecule has 0 saturated heterocycles. The van der Waals surface area contributed by atoms with Crippen LogP contribution in [0.2, 0.25) is 0 Å². The molecule has 0 aliphatic rings. The van der Waals surface area contributed by atoms with E-state index in [2.05, 4.69) is 26.5 Å². The van der Waals surface area contributed by atoms with Gasteiger partial charge in [0.25, 0.3) is 5.91 Å². The molecule has 0 fully saturated rings. The highest BCUT2D eigenvalue weighted by Crippen LogP contribution is 2.17. The first-order valence-electron chi connectivity index (χ1n) is 6.84. The van der Waals surface area contributed by atoms with E-state index in [0.717, 1.165) is 10.5 Å². The van der Waals surface area contributed by atoms with Crippen LogP contribution in [0.4, 0.5) is 4.39 Å². The lowest BCUT2D eigenvalue weighted by molar-refractivity contribution is 0.0954. The molecule has 0 radical (unpaired) electrons. The Hall–Kier alpha value is -2.80. The molecule has 0 atom stereocenters. The third-order valence-electron chi connectivity index (χ3n) is 3.22. The number of nitrogens with one attached hydrogen (secondary N) is 1. The second-order valence-electron chi connectivity index (χ2n) is 4.87. The van der Waals surface area contributed by atoms with Crippen molar-refractivity contribution < 1.29 is 13.6 Å². The van der Waals surface area contributed by atoms with Crippen LogP contribution in [0.5, 0.6) is 0 Å². The molecule has 0 unspecified atom stereocenters. The monoisotopic (exact) mass is 388 g/mol. The van der Waals surface area contributed by atoms with Crippen LogP contribution >= 0.6 is 15.9 Å². The first-order valence-corrected chi connectivity index (χ1v) is 7.64. The molecule has 0 bridgehead atoms. The second-order valence-corrected chi connectivity index (χ2v) is 5.79. The van der Waals surface area contributed by atoms with E-state index >= 15 is 0 Å². The van der Waals surface area contributed by atoms with Crippen LogP contribution in [0.3, 0.4) is 0 Å². The maximum absolute atomic E-state index is 13.1. The summed E-state index contributed by atoms with van der Waals surface area (Å²) in [5.41, 5.74) is 2.71. The van der Waals surface area contributed by atoms with Gasteiger partial charge in [-0.3, -0.25) is 9.59 Å². The molecule has 24 heavy (non-hydrogen) atoms. The van der Waals surface area contributed by atoms with E-state index in [1.807, 2.05) is 0 Å². The summed E-state index contributed by atoms with van der Waals surface area (Å²) in [5, 5.41) is 4.11. The van der Waals surface area contributed by atoms with Gasteiger partial charge in [0.05, 0.1) is 17.2 Å². The first-order chi connectivity index (χ1) is 11.5. The Morgan fingerprint density at radius 2 is 2.08 bits per heavy atom. The van der Waals surface area contributed by atoms with Gasteiger partial charge in [-0.15, -0.1) is 0 Å². The van der Waals surface area contributed by atoms with Gasteiger partial charge in [-0.25, -0.2) is 9.82 Å². The predicted molar refractivity (Wildman–Crippen MR) is 91.6 cm³/mol. The largest absolute Gasteiger partial charge is 0.463 e. The average Bonchev–Trinajstić information content (AvgIpc) is 2.57. The summed E-state index contributed by atoms with van der Waals surface area (Å²) in [6.45, 7) is 0. The Labute approximate surface area is 143 Å². The second kappa shape index (κ2) is 6.76. The van der Waals surface area contributed by atoms with Gasteiger partial charge in [0.15, 0.2) is 0 Å². The molecule has 3 aromatic rings. The maximum Gasteiger partial charge on any atom is 0.271 e. The molecule has 5 nitrogen and oxygen atoms in total. The zero-order valence-electron chi connectivity index (χ0n) is 12.1. The van der Waals surface area contributed by atoms with Crippen molar-refractivity contribution in [2.24, 2.45) is 5.10 Å². The molecule has 0 spiro atoms. The minimum Gasteiger partial charge on any atom is -0.463 e. The number of benzene rings is 2. The number of hydrogen-bond donors (Lipinski definition) is 1. The summed E-state index contributed by atoms with van der Waals surface area (Å²) in [5.74, 6) is -1.11. The van der Waals surface area contributed by atoms with Crippen molar-refractivity contribution in [2.45, 2.75) is 0 Å². The number of fused-ring (bicyclic) bond motifs is 1. The predicted octanol–water partition coefficient (Wildman–Crippen LogP) is 3.46. The lowest BCUT2D eigenvalue weighted by Gasteiger charge is -2.00. The van der Waals surface area contributed by atoms with Crippen LogP contribution in [0, 0.1) is 5.82 Å². The average molecular weight is 389 g/mol. The van der Waals surface area contributed by atoms with E-state index in [1.165, 1.54) is 30.7 Å². The molecule has 3 rings (SSSR count). The van der Waals surface area contributed by atoms with Gasteiger partial charge >= 0.3 is 0 Å². The summed E-state index contributed by atoms with van der Waals surface area (Å²) in [7, 11) is 0. The Kier molecular flexibility index (Phi) is 4.52. The summed E-state index contributed by atoms with van der Waals surface area (Å²) in [6.07, 6.45) is 2.44. The Morgan fingerprint density at radius 1 is 1.25 bits per heavy atom. The molecular formula is C17H10BrFN2O3. The number of carbonyl (C=O) groups excluding carboxylic acids is 1. The van der Waals surface area contributed by atoms with Crippen LogP contribution in [0.1, 0.15) is 15.9 Å². The molecule has 0 aliphatic heterocycles. The number of halogens is 2. The summed E-state index contributed by atoms with van der Waals surface area (Å²) >= 11 is 3.29. The normalized spacial score (nSPS) is 11.1. The molecule has 0 saturated carbocycles. The number of amides is 1. The van der Waals surface area contributed by atoms with E-state index in [-0.39, 0.29) is 16.6 Å². The van der Waals surface area contributed by atoms with E-state index in [4.69, 9.17) is 4.42 Å². The van der Waals surface area contributed by atoms with E-state index < -0.39 is 11.7 Å². The van der Waals surface area contributed by atoms with Gasteiger partial charge in [-0.2, -0.15) is 5.10 Å². The van der Waals surface area contributed by atoms with Gasteiger partial charge in [0, 0.05) is 10.0 Å². The summed E-state index contributed by atoms with van der Waals surface area (Å²) < 4.78 is 19.2.